The second kappa shape index (κ2) is 9.31. The lowest BCUT2D eigenvalue weighted by Crippen LogP contribution is -2.39. The molecule has 0 aliphatic carbocycles. The number of carbonyl (C=O) groups excluding carboxylic acids is 1. The second-order valence-electron chi connectivity index (χ2n) is 4.93. The Morgan fingerprint density at radius 1 is 1.24 bits per heavy atom. The minimum Gasteiger partial charge on any atom is -0.383 e. The van der Waals surface area contributed by atoms with Crippen molar-refractivity contribution in [3.63, 3.8) is 0 Å². The van der Waals surface area contributed by atoms with E-state index < -0.39 is 0 Å². The molecule has 1 amide bonds. The van der Waals surface area contributed by atoms with Gasteiger partial charge in [0.15, 0.2) is 5.11 Å². The van der Waals surface area contributed by atoms with E-state index in [0.717, 1.165) is 5.69 Å². The molecule has 3 N–H and O–H groups in total. The highest BCUT2D eigenvalue weighted by molar-refractivity contribution is 7.80. The van der Waals surface area contributed by atoms with Crippen molar-refractivity contribution in [2.45, 2.75) is 19.8 Å². The van der Waals surface area contributed by atoms with Crippen LogP contribution < -0.4 is 16.0 Å². The smallest absolute Gasteiger partial charge is 0.239 e. The molecule has 1 rings (SSSR count). The van der Waals surface area contributed by atoms with Crippen molar-refractivity contribution in [1.29, 1.82) is 0 Å². The van der Waals surface area contributed by atoms with Crippen LogP contribution in [0.3, 0.4) is 0 Å². The quantitative estimate of drug-likeness (QED) is 0.530. The van der Waals surface area contributed by atoms with Gasteiger partial charge in [-0.3, -0.25) is 4.79 Å². The fourth-order valence-electron chi connectivity index (χ4n) is 1.64. The van der Waals surface area contributed by atoms with E-state index in [4.69, 9.17) is 17.0 Å². The lowest BCUT2D eigenvalue weighted by Gasteiger charge is -2.12. The Morgan fingerprint density at radius 2 is 1.90 bits per heavy atom. The average Bonchev–Trinajstić information content (AvgIpc) is 2.46. The van der Waals surface area contributed by atoms with Gasteiger partial charge in [0, 0.05) is 19.3 Å². The summed E-state index contributed by atoms with van der Waals surface area (Å²) in [6.45, 7) is 5.43. The van der Waals surface area contributed by atoms with E-state index in [1.165, 1.54) is 5.56 Å². The molecule has 6 heteroatoms. The van der Waals surface area contributed by atoms with Gasteiger partial charge in [0.2, 0.25) is 5.91 Å². The van der Waals surface area contributed by atoms with Gasteiger partial charge in [-0.25, -0.2) is 0 Å². The van der Waals surface area contributed by atoms with Crippen LogP contribution in [0.1, 0.15) is 25.3 Å². The number of nitrogens with one attached hydrogen (secondary N) is 3. The minimum absolute atomic E-state index is 0.119. The fourth-order valence-corrected chi connectivity index (χ4v) is 1.83. The van der Waals surface area contributed by atoms with E-state index in [2.05, 4.69) is 41.9 Å². The molecule has 0 radical (unpaired) electrons. The van der Waals surface area contributed by atoms with Crippen LogP contribution in [0.2, 0.25) is 0 Å². The van der Waals surface area contributed by atoms with Crippen molar-refractivity contribution in [3.8, 4) is 0 Å². The first kappa shape index (κ1) is 17.4. The van der Waals surface area contributed by atoms with Crippen molar-refractivity contribution in [2.24, 2.45) is 0 Å². The maximum absolute atomic E-state index is 11.5. The molecule has 0 bridgehead atoms. The topological polar surface area (TPSA) is 62.4 Å². The number of thiocarbonyl (C=S) groups is 1. The van der Waals surface area contributed by atoms with Crippen LogP contribution >= 0.6 is 12.2 Å². The molecule has 1 aromatic rings. The molecule has 0 spiro atoms. The number of anilines is 1. The van der Waals surface area contributed by atoms with Crippen molar-refractivity contribution in [1.82, 2.24) is 10.6 Å². The first-order valence-corrected chi connectivity index (χ1v) is 7.34. The number of ether oxygens (including phenoxy) is 1. The lowest BCUT2D eigenvalue weighted by atomic mass is 10.0. The van der Waals surface area contributed by atoms with Crippen LogP contribution in [-0.4, -0.2) is 37.8 Å². The van der Waals surface area contributed by atoms with Gasteiger partial charge in [0.25, 0.3) is 0 Å². The molecular weight excluding hydrogens is 286 g/mol. The number of amides is 1. The summed E-state index contributed by atoms with van der Waals surface area (Å²) in [5.74, 6) is 0.381. The third-order valence-corrected chi connectivity index (χ3v) is 3.12. The van der Waals surface area contributed by atoms with E-state index in [9.17, 15) is 4.79 Å². The number of methoxy groups -OCH3 is 1. The SMILES string of the molecule is COCCNC(=O)CNC(=S)Nc1ccc(C(C)C)cc1. The Balaban J connectivity index is 2.31. The van der Waals surface area contributed by atoms with Crippen LogP contribution in [0.4, 0.5) is 5.69 Å². The van der Waals surface area contributed by atoms with E-state index in [0.29, 0.717) is 24.2 Å². The van der Waals surface area contributed by atoms with Crippen LogP contribution in [0, 0.1) is 0 Å². The summed E-state index contributed by atoms with van der Waals surface area (Å²) in [6.07, 6.45) is 0. The summed E-state index contributed by atoms with van der Waals surface area (Å²) < 4.78 is 4.85. The highest BCUT2D eigenvalue weighted by Gasteiger charge is 2.03. The Morgan fingerprint density at radius 3 is 2.48 bits per heavy atom. The molecule has 0 fully saturated rings. The van der Waals surface area contributed by atoms with E-state index in [-0.39, 0.29) is 12.5 Å². The molecule has 0 saturated heterocycles. The summed E-state index contributed by atoms with van der Waals surface area (Å²) in [4.78, 5) is 11.5. The Kier molecular flexibility index (Phi) is 7.71. The van der Waals surface area contributed by atoms with Crippen molar-refractivity contribution >= 4 is 28.9 Å². The molecular formula is C15H23N3O2S. The third-order valence-electron chi connectivity index (χ3n) is 2.87. The predicted octanol–water partition coefficient (Wildman–Crippen LogP) is 1.86. The zero-order valence-electron chi connectivity index (χ0n) is 12.7. The van der Waals surface area contributed by atoms with Crippen LogP contribution in [0.5, 0.6) is 0 Å². The molecule has 0 aliphatic rings. The highest BCUT2D eigenvalue weighted by atomic mass is 32.1. The first-order valence-electron chi connectivity index (χ1n) is 6.93. The second-order valence-corrected chi connectivity index (χ2v) is 5.34. The predicted molar refractivity (Wildman–Crippen MR) is 89.6 cm³/mol. The van der Waals surface area contributed by atoms with Gasteiger partial charge in [-0.05, 0) is 35.8 Å². The van der Waals surface area contributed by atoms with Crippen molar-refractivity contribution in [2.75, 3.05) is 32.1 Å². The molecule has 5 nitrogen and oxygen atoms in total. The maximum atomic E-state index is 11.5. The van der Waals surface area contributed by atoms with Gasteiger partial charge in [-0.15, -0.1) is 0 Å². The molecule has 0 aliphatic heterocycles. The van der Waals surface area contributed by atoms with Crippen LogP contribution in [0.15, 0.2) is 24.3 Å². The molecule has 1 aromatic carbocycles. The molecule has 0 heterocycles. The Hall–Kier alpha value is -1.66. The number of carbonyl (C=O) groups is 1. The standard InChI is InChI=1S/C15H23N3O2S/c1-11(2)12-4-6-13(7-5-12)18-15(21)17-10-14(19)16-8-9-20-3/h4-7,11H,8-10H2,1-3H3,(H,16,19)(H2,17,18,21). The molecule has 116 valence electrons. The van der Waals surface area contributed by atoms with Gasteiger partial charge < -0.3 is 20.7 Å². The zero-order chi connectivity index (χ0) is 15.7. The number of hydrogen-bond donors (Lipinski definition) is 3. The highest BCUT2D eigenvalue weighted by Crippen LogP contribution is 2.16. The molecule has 0 atom stereocenters. The monoisotopic (exact) mass is 309 g/mol. The first-order chi connectivity index (χ1) is 10.0. The summed E-state index contributed by atoms with van der Waals surface area (Å²) >= 11 is 5.15. The van der Waals surface area contributed by atoms with E-state index in [1.807, 2.05) is 12.1 Å². The normalized spacial score (nSPS) is 10.3. The van der Waals surface area contributed by atoms with Gasteiger partial charge in [0.05, 0.1) is 13.2 Å². The summed E-state index contributed by atoms with van der Waals surface area (Å²) in [5, 5.41) is 9.04. The minimum atomic E-state index is -0.119. The molecule has 0 saturated carbocycles. The molecule has 0 unspecified atom stereocenters. The summed E-state index contributed by atoms with van der Waals surface area (Å²) in [6, 6.07) is 8.07. The number of benzene rings is 1. The Bertz CT molecular complexity index is 460. The van der Waals surface area contributed by atoms with E-state index in [1.54, 1.807) is 7.11 Å². The third kappa shape index (κ3) is 7.06. The van der Waals surface area contributed by atoms with Crippen molar-refractivity contribution in [3.05, 3.63) is 29.8 Å². The van der Waals surface area contributed by atoms with Gasteiger partial charge in [-0.1, -0.05) is 26.0 Å². The Labute approximate surface area is 131 Å². The molecule has 21 heavy (non-hydrogen) atoms. The maximum Gasteiger partial charge on any atom is 0.239 e. The fraction of sp³-hybridized carbons (Fsp3) is 0.467. The summed E-state index contributed by atoms with van der Waals surface area (Å²) in [7, 11) is 1.59. The van der Waals surface area contributed by atoms with Gasteiger partial charge >= 0.3 is 0 Å². The largest absolute Gasteiger partial charge is 0.383 e. The van der Waals surface area contributed by atoms with Gasteiger partial charge in [0.1, 0.15) is 0 Å². The van der Waals surface area contributed by atoms with Crippen molar-refractivity contribution < 1.29 is 9.53 Å². The number of rotatable bonds is 7. The lowest BCUT2D eigenvalue weighted by molar-refractivity contribution is -0.120. The summed E-state index contributed by atoms with van der Waals surface area (Å²) in [5.41, 5.74) is 2.17. The zero-order valence-corrected chi connectivity index (χ0v) is 13.5. The van der Waals surface area contributed by atoms with Crippen LogP contribution in [0.25, 0.3) is 0 Å². The average molecular weight is 309 g/mol. The molecule has 0 aromatic heterocycles. The number of hydrogen-bond acceptors (Lipinski definition) is 3. The van der Waals surface area contributed by atoms with Crippen LogP contribution in [-0.2, 0) is 9.53 Å². The van der Waals surface area contributed by atoms with Gasteiger partial charge in [-0.2, -0.15) is 0 Å². The van der Waals surface area contributed by atoms with E-state index >= 15 is 0 Å².